The standard InChI is InChI=1S/C10H5F3N2/c11-7-4-6(5-8(12)9(7)13)10-14-2-1-3-15-10/h1-5H. The summed E-state index contributed by atoms with van der Waals surface area (Å²) in [5, 5.41) is 0. The molecule has 76 valence electrons. The Kier molecular flexibility index (Phi) is 2.37. The van der Waals surface area contributed by atoms with Gasteiger partial charge in [0.2, 0.25) is 0 Å². The van der Waals surface area contributed by atoms with Gasteiger partial charge < -0.3 is 0 Å². The topological polar surface area (TPSA) is 25.8 Å². The molecule has 2 aromatic rings. The van der Waals surface area contributed by atoms with Crippen LogP contribution < -0.4 is 0 Å². The molecule has 0 aliphatic rings. The Hall–Kier alpha value is -1.91. The molecule has 0 atom stereocenters. The molecule has 5 heteroatoms. The van der Waals surface area contributed by atoms with Crippen molar-refractivity contribution in [1.29, 1.82) is 0 Å². The first-order valence-corrected chi connectivity index (χ1v) is 4.10. The first kappa shape index (κ1) is 9.64. The third kappa shape index (κ3) is 1.81. The molecule has 2 rings (SSSR count). The summed E-state index contributed by atoms with van der Waals surface area (Å²) in [5.41, 5.74) is 0.104. The van der Waals surface area contributed by atoms with Gasteiger partial charge in [0.1, 0.15) is 0 Å². The molecule has 2 nitrogen and oxygen atoms in total. The third-order valence-electron chi connectivity index (χ3n) is 1.81. The number of halogens is 3. The Balaban J connectivity index is 2.56. The smallest absolute Gasteiger partial charge is 0.194 e. The van der Waals surface area contributed by atoms with Gasteiger partial charge in [-0.15, -0.1) is 0 Å². The molecule has 1 heterocycles. The number of benzene rings is 1. The fourth-order valence-electron chi connectivity index (χ4n) is 1.13. The highest BCUT2D eigenvalue weighted by Gasteiger charge is 2.12. The second-order valence-corrected chi connectivity index (χ2v) is 2.83. The number of nitrogens with zero attached hydrogens (tertiary/aromatic N) is 2. The van der Waals surface area contributed by atoms with Crippen molar-refractivity contribution in [2.24, 2.45) is 0 Å². The summed E-state index contributed by atoms with van der Waals surface area (Å²) in [6.45, 7) is 0. The molecule has 1 aromatic heterocycles. The maximum Gasteiger partial charge on any atom is 0.194 e. The summed E-state index contributed by atoms with van der Waals surface area (Å²) in [5.74, 6) is -3.85. The van der Waals surface area contributed by atoms with E-state index < -0.39 is 17.5 Å². The minimum Gasteiger partial charge on any atom is -0.237 e. The SMILES string of the molecule is Fc1cc(-c2ncccn2)cc(F)c1F. The summed E-state index contributed by atoms with van der Waals surface area (Å²) in [7, 11) is 0. The molecular weight excluding hydrogens is 205 g/mol. The average molecular weight is 210 g/mol. The lowest BCUT2D eigenvalue weighted by molar-refractivity contribution is 0.447. The zero-order chi connectivity index (χ0) is 10.8. The largest absolute Gasteiger partial charge is 0.237 e. The van der Waals surface area contributed by atoms with Crippen LogP contribution in [0.3, 0.4) is 0 Å². The lowest BCUT2D eigenvalue weighted by Crippen LogP contribution is -1.94. The average Bonchev–Trinajstić information content (AvgIpc) is 2.26. The summed E-state index contributed by atoms with van der Waals surface area (Å²) in [6, 6.07) is 3.28. The van der Waals surface area contributed by atoms with Crippen LogP contribution in [0, 0.1) is 17.5 Å². The van der Waals surface area contributed by atoms with E-state index in [0.717, 1.165) is 12.1 Å². The highest BCUT2D eigenvalue weighted by molar-refractivity contribution is 5.54. The van der Waals surface area contributed by atoms with Crippen LogP contribution in [0.25, 0.3) is 11.4 Å². The molecule has 0 aliphatic carbocycles. The van der Waals surface area contributed by atoms with Crippen molar-refractivity contribution in [3.8, 4) is 11.4 Å². The fourth-order valence-corrected chi connectivity index (χ4v) is 1.13. The maximum absolute atomic E-state index is 12.9. The third-order valence-corrected chi connectivity index (χ3v) is 1.81. The highest BCUT2D eigenvalue weighted by atomic mass is 19.2. The zero-order valence-electron chi connectivity index (χ0n) is 7.42. The van der Waals surface area contributed by atoms with Crippen LogP contribution in [0.1, 0.15) is 0 Å². The minimum absolute atomic E-state index is 0.104. The van der Waals surface area contributed by atoms with E-state index in [0.29, 0.717) is 0 Å². The van der Waals surface area contributed by atoms with Crippen LogP contribution in [0.5, 0.6) is 0 Å². The molecule has 15 heavy (non-hydrogen) atoms. The van der Waals surface area contributed by atoms with Crippen LogP contribution in [0.2, 0.25) is 0 Å². The Morgan fingerprint density at radius 3 is 1.93 bits per heavy atom. The molecule has 0 amide bonds. The molecule has 0 aliphatic heterocycles. The molecule has 0 saturated carbocycles. The molecule has 0 N–H and O–H groups in total. The predicted octanol–water partition coefficient (Wildman–Crippen LogP) is 2.56. The van der Waals surface area contributed by atoms with Gasteiger partial charge in [-0.1, -0.05) is 0 Å². The van der Waals surface area contributed by atoms with Gasteiger partial charge in [-0.25, -0.2) is 23.1 Å². The molecule has 0 saturated heterocycles. The molecule has 0 unspecified atom stereocenters. The normalized spacial score (nSPS) is 10.3. The van der Waals surface area contributed by atoms with Gasteiger partial charge in [0.25, 0.3) is 0 Å². The van der Waals surface area contributed by atoms with Gasteiger partial charge in [-0.05, 0) is 18.2 Å². The number of rotatable bonds is 1. The summed E-state index contributed by atoms with van der Waals surface area (Å²) in [4.78, 5) is 7.59. The van der Waals surface area contributed by atoms with Gasteiger partial charge in [-0.2, -0.15) is 0 Å². The molecule has 0 fully saturated rings. The number of aromatic nitrogens is 2. The van der Waals surface area contributed by atoms with Crippen molar-refractivity contribution >= 4 is 0 Å². The predicted molar refractivity (Wildman–Crippen MR) is 47.3 cm³/mol. The van der Waals surface area contributed by atoms with Crippen molar-refractivity contribution in [1.82, 2.24) is 9.97 Å². The van der Waals surface area contributed by atoms with Gasteiger partial charge in [0.15, 0.2) is 23.3 Å². The Morgan fingerprint density at radius 2 is 1.40 bits per heavy atom. The van der Waals surface area contributed by atoms with E-state index in [2.05, 4.69) is 9.97 Å². The number of hydrogen-bond acceptors (Lipinski definition) is 2. The molecule has 0 spiro atoms. The second kappa shape index (κ2) is 3.68. The van der Waals surface area contributed by atoms with Gasteiger partial charge in [0, 0.05) is 18.0 Å². The van der Waals surface area contributed by atoms with Crippen molar-refractivity contribution in [3.05, 3.63) is 48.0 Å². The van der Waals surface area contributed by atoms with Crippen LogP contribution in [-0.4, -0.2) is 9.97 Å². The highest BCUT2D eigenvalue weighted by Crippen LogP contribution is 2.20. The first-order valence-electron chi connectivity index (χ1n) is 4.10. The molecule has 0 bridgehead atoms. The van der Waals surface area contributed by atoms with E-state index in [-0.39, 0.29) is 11.4 Å². The van der Waals surface area contributed by atoms with Crippen molar-refractivity contribution in [2.45, 2.75) is 0 Å². The Labute approximate surface area is 83.4 Å². The van der Waals surface area contributed by atoms with E-state index in [1.807, 2.05) is 0 Å². The Morgan fingerprint density at radius 1 is 0.867 bits per heavy atom. The van der Waals surface area contributed by atoms with Crippen molar-refractivity contribution in [2.75, 3.05) is 0 Å². The molecule has 1 aromatic carbocycles. The second-order valence-electron chi connectivity index (χ2n) is 2.83. The van der Waals surface area contributed by atoms with E-state index >= 15 is 0 Å². The summed E-state index contributed by atoms with van der Waals surface area (Å²) in [6.07, 6.45) is 2.86. The molecule has 0 radical (unpaired) electrons. The first-order chi connectivity index (χ1) is 7.18. The lowest BCUT2D eigenvalue weighted by atomic mass is 10.2. The Bertz CT molecular complexity index is 462. The minimum atomic E-state index is -1.49. The quantitative estimate of drug-likeness (QED) is 0.676. The summed E-state index contributed by atoms with van der Waals surface area (Å²) >= 11 is 0. The maximum atomic E-state index is 12.9. The van der Waals surface area contributed by atoms with E-state index in [1.54, 1.807) is 6.07 Å². The summed E-state index contributed by atoms with van der Waals surface area (Å²) < 4.78 is 38.3. The van der Waals surface area contributed by atoms with E-state index in [9.17, 15) is 13.2 Å². The van der Waals surface area contributed by atoms with Crippen molar-refractivity contribution in [3.63, 3.8) is 0 Å². The van der Waals surface area contributed by atoms with Gasteiger partial charge in [0.05, 0.1) is 0 Å². The van der Waals surface area contributed by atoms with E-state index in [4.69, 9.17) is 0 Å². The van der Waals surface area contributed by atoms with Crippen LogP contribution in [-0.2, 0) is 0 Å². The van der Waals surface area contributed by atoms with Crippen LogP contribution >= 0.6 is 0 Å². The zero-order valence-corrected chi connectivity index (χ0v) is 7.42. The number of hydrogen-bond donors (Lipinski definition) is 0. The molecular formula is C10H5F3N2. The lowest BCUT2D eigenvalue weighted by Gasteiger charge is -2.01. The van der Waals surface area contributed by atoms with Crippen LogP contribution in [0.15, 0.2) is 30.6 Å². The van der Waals surface area contributed by atoms with Crippen molar-refractivity contribution < 1.29 is 13.2 Å². The van der Waals surface area contributed by atoms with Gasteiger partial charge >= 0.3 is 0 Å². The monoisotopic (exact) mass is 210 g/mol. The fraction of sp³-hybridized carbons (Fsp3) is 0. The van der Waals surface area contributed by atoms with Gasteiger partial charge in [-0.3, -0.25) is 0 Å². The van der Waals surface area contributed by atoms with E-state index in [1.165, 1.54) is 12.4 Å². The van der Waals surface area contributed by atoms with Crippen LogP contribution in [0.4, 0.5) is 13.2 Å².